The zero-order chi connectivity index (χ0) is 14.9. The summed E-state index contributed by atoms with van der Waals surface area (Å²) in [4.78, 5) is -0.0469. The van der Waals surface area contributed by atoms with Gasteiger partial charge in [-0.1, -0.05) is 28.4 Å². The Hall–Kier alpha value is -0.580. The highest BCUT2D eigenvalue weighted by atomic mass is 35.5. The van der Waals surface area contributed by atoms with Crippen molar-refractivity contribution in [3.63, 3.8) is 0 Å². The average Bonchev–Trinajstić information content (AvgIpc) is 2.77. The number of oxime groups is 1. The predicted molar refractivity (Wildman–Crippen MR) is 76.2 cm³/mol. The van der Waals surface area contributed by atoms with Crippen molar-refractivity contribution in [3.05, 3.63) is 14.7 Å². The Balaban J connectivity index is 2.28. The van der Waals surface area contributed by atoms with E-state index in [0.29, 0.717) is 0 Å². The van der Waals surface area contributed by atoms with Gasteiger partial charge in [0, 0.05) is 13.1 Å². The van der Waals surface area contributed by atoms with Gasteiger partial charge in [-0.2, -0.15) is 4.31 Å². The highest BCUT2D eigenvalue weighted by Crippen LogP contribution is 2.36. The molecule has 0 saturated carbocycles. The maximum atomic E-state index is 12.5. The van der Waals surface area contributed by atoms with Crippen molar-refractivity contribution in [2.75, 3.05) is 19.7 Å². The third-order valence-electron chi connectivity index (χ3n) is 2.72. The lowest BCUT2D eigenvalue weighted by Gasteiger charge is -2.31. The maximum absolute atomic E-state index is 12.5. The van der Waals surface area contributed by atoms with E-state index in [9.17, 15) is 8.42 Å². The second-order valence-corrected chi connectivity index (χ2v) is 8.13. The van der Waals surface area contributed by atoms with Crippen LogP contribution in [0.1, 0.15) is 0 Å². The number of nitrogens with two attached hydrogens (primary N) is 1. The summed E-state index contributed by atoms with van der Waals surface area (Å²) in [6.07, 6.45) is -0.795. The Morgan fingerprint density at radius 2 is 2.30 bits per heavy atom. The van der Waals surface area contributed by atoms with Gasteiger partial charge in [0.15, 0.2) is 5.84 Å². The standard InChI is InChI=1S/C9H11Cl2N3O4S2/c10-7-3-6(8(11)19-7)20(16,17)14-1-2-18-5(4-14)9(12)13-15/h3,5,15H,1-2,4H2,(H2,12,13). The van der Waals surface area contributed by atoms with Crippen LogP contribution < -0.4 is 5.73 Å². The number of nitrogens with zero attached hydrogens (tertiary/aromatic N) is 2. The summed E-state index contributed by atoms with van der Waals surface area (Å²) in [6, 6.07) is 1.30. The number of ether oxygens (including phenoxy) is 1. The number of amidine groups is 1. The normalized spacial score (nSPS) is 22.1. The van der Waals surface area contributed by atoms with Gasteiger partial charge in [0.2, 0.25) is 10.0 Å². The van der Waals surface area contributed by atoms with Crippen LogP contribution in [0.5, 0.6) is 0 Å². The van der Waals surface area contributed by atoms with E-state index in [1.54, 1.807) is 0 Å². The summed E-state index contributed by atoms with van der Waals surface area (Å²) < 4.78 is 31.7. The van der Waals surface area contributed by atoms with E-state index in [1.165, 1.54) is 10.4 Å². The zero-order valence-corrected chi connectivity index (χ0v) is 13.1. The number of hydrogen-bond acceptors (Lipinski definition) is 6. The molecule has 0 amide bonds. The number of halogens is 2. The Morgan fingerprint density at radius 1 is 1.60 bits per heavy atom. The molecule has 11 heteroatoms. The minimum absolute atomic E-state index is 0.0469. The third kappa shape index (κ3) is 3.02. The molecule has 1 aliphatic heterocycles. The lowest BCUT2D eigenvalue weighted by atomic mass is 10.3. The van der Waals surface area contributed by atoms with Gasteiger partial charge in [0.05, 0.1) is 10.9 Å². The molecule has 7 nitrogen and oxygen atoms in total. The van der Waals surface area contributed by atoms with Gasteiger partial charge in [-0.25, -0.2) is 8.42 Å². The van der Waals surface area contributed by atoms with Crippen LogP contribution in [-0.4, -0.2) is 49.6 Å². The number of hydrogen-bond donors (Lipinski definition) is 2. The van der Waals surface area contributed by atoms with Gasteiger partial charge < -0.3 is 15.7 Å². The fourth-order valence-electron chi connectivity index (χ4n) is 1.73. The molecule has 1 unspecified atom stereocenters. The molecule has 0 radical (unpaired) electrons. The lowest BCUT2D eigenvalue weighted by Crippen LogP contribution is -2.50. The van der Waals surface area contributed by atoms with E-state index in [-0.39, 0.29) is 39.1 Å². The van der Waals surface area contributed by atoms with Crippen LogP contribution >= 0.6 is 34.5 Å². The van der Waals surface area contributed by atoms with E-state index >= 15 is 0 Å². The van der Waals surface area contributed by atoms with Crippen LogP contribution in [0.25, 0.3) is 0 Å². The first-order chi connectivity index (χ1) is 9.36. The summed E-state index contributed by atoms with van der Waals surface area (Å²) >= 11 is 12.6. The molecule has 1 atom stereocenters. The minimum atomic E-state index is -3.79. The molecule has 2 heterocycles. The van der Waals surface area contributed by atoms with Crippen LogP contribution in [0.2, 0.25) is 8.67 Å². The van der Waals surface area contributed by atoms with E-state index in [1.807, 2.05) is 0 Å². The second kappa shape index (κ2) is 6.04. The molecule has 1 saturated heterocycles. The lowest BCUT2D eigenvalue weighted by molar-refractivity contribution is 0.0355. The summed E-state index contributed by atoms with van der Waals surface area (Å²) in [6.45, 7) is 0.235. The number of thiophene rings is 1. The number of sulfonamides is 1. The first kappa shape index (κ1) is 15.8. The van der Waals surface area contributed by atoms with Crippen LogP contribution in [0.3, 0.4) is 0 Å². The molecule has 1 aromatic heterocycles. The van der Waals surface area contributed by atoms with Crippen molar-refractivity contribution in [3.8, 4) is 0 Å². The summed E-state index contributed by atoms with van der Waals surface area (Å²) in [5, 5.41) is 11.4. The molecule has 20 heavy (non-hydrogen) atoms. The van der Waals surface area contributed by atoms with Gasteiger partial charge in [-0.05, 0) is 6.07 Å². The monoisotopic (exact) mass is 359 g/mol. The molecular weight excluding hydrogens is 349 g/mol. The van der Waals surface area contributed by atoms with Crippen molar-refractivity contribution in [2.45, 2.75) is 11.0 Å². The summed E-state index contributed by atoms with van der Waals surface area (Å²) in [7, 11) is -3.79. The molecule has 2 rings (SSSR count). The average molecular weight is 360 g/mol. The van der Waals surface area contributed by atoms with Crippen LogP contribution in [0.4, 0.5) is 0 Å². The van der Waals surface area contributed by atoms with Gasteiger partial charge in [0.1, 0.15) is 15.3 Å². The van der Waals surface area contributed by atoms with E-state index in [0.717, 1.165) is 11.3 Å². The SMILES string of the molecule is NC(=NO)C1CN(S(=O)(=O)c2cc(Cl)sc2Cl)CCO1. The van der Waals surface area contributed by atoms with Crippen LogP contribution in [-0.2, 0) is 14.8 Å². The van der Waals surface area contributed by atoms with Gasteiger partial charge >= 0.3 is 0 Å². The molecule has 1 aromatic rings. The first-order valence-corrected chi connectivity index (χ1v) is 8.41. The van der Waals surface area contributed by atoms with Crippen molar-refractivity contribution in [2.24, 2.45) is 10.9 Å². The molecule has 0 spiro atoms. The molecule has 1 aliphatic rings. The molecule has 0 aliphatic carbocycles. The molecular formula is C9H11Cl2N3O4S2. The largest absolute Gasteiger partial charge is 0.409 e. The van der Waals surface area contributed by atoms with Crippen molar-refractivity contribution in [1.29, 1.82) is 0 Å². The first-order valence-electron chi connectivity index (χ1n) is 5.40. The highest BCUT2D eigenvalue weighted by Gasteiger charge is 2.34. The third-order valence-corrected chi connectivity index (χ3v) is 6.34. The molecule has 1 fully saturated rings. The smallest absolute Gasteiger partial charge is 0.245 e. The Kier molecular flexibility index (Phi) is 4.77. The fraction of sp³-hybridized carbons (Fsp3) is 0.444. The predicted octanol–water partition coefficient (Wildman–Crippen LogP) is 1.19. The quantitative estimate of drug-likeness (QED) is 0.365. The van der Waals surface area contributed by atoms with Gasteiger partial charge in [0.25, 0.3) is 0 Å². The Morgan fingerprint density at radius 3 is 2.85 bits per heavy atom. The van der Waals surface area contributed by atoms with Gasteiger partial charge in [-0.15, -0.1) is 11.3 Å². The van der Waals surface area contributed by atoms with Crippen molar-refractivity contribution < 1.29 is 18.4 Å². The maximum Gasteiger partial charge on any atom is 0.245 e. The Bertz CT molecular complexity index is 631. The zero-order valence-electron chi connectivity index (χ0n) is 9.99. The number of morpholine rings is 1. The molecule has 112 valence electrons. The van der Waals surface area contributed by atoms with E-state index in [4.69, 9.17) is 38.9 Å². The Labute approximate surface area is 129 Å². The highest BCUT2D eigenvalue weighted by molar-refractivity contribution is 7.89. The second-order valence-electron chi connectivity index (χ2n) is 3.94. The van der Waals surface area contributed by atoms with Crippen molar-refractivity contribution in [1.82, 2.24) is 4.31 Å². The van der Waals surface area contributed by atoms with E-state index in [2.05, 4.69) is 5.16 Å². The van der Waals surface area contributed by atoms with Crippen LogP contribution in [0, 0.1) is 0 Å². The van der Waals surface area contributed by atoms with Gasteiger partial charge in [-0.3, -0.25) is 0 Å². The summed E-state index contributed by atoms with van der Waals surface area (Å²) in [5.41, 5.74) is 5.43. The van der Waals surface area contributed by atoms with Crippen molar-refractivity contribution >= 4 is 50.4 Å². The van der Waals surface area contributed by atoms with Crippen LogP contribution in [0.15, 0.2) is 16.1 Å². The minimum Gasteiger partial charge on any atom is -0.409 e. The number of rotatable bonds is 3. The molecule has 0 bridgehead atoms. The fourth-order valence-corrected chi connectivity index (χ4v) is 5.26. The topological polar surface area (TPSA) is 105 Å². The summed E-state index contributed by atoms with van der Waals surface area (Å²) in [5.74, 6) is -0.181. The molecule has 3 N–H and O–H groups in total. The van der Waals surface area contributed by atoms with E-state index < -0.39 is 16.1 Å². The molecule has 0 aromatic carbocycles.